The van der Waals surface area contributed by atoms with Crippen LogP contribution in [0.3, 0.4) is 0 Å². The molecule has 0 radical (unpaired) electrons. The quantitative estimate of drug-likeness (QED) is 0.788. The third-order valence-electron chi connectivity index (χ3n) is 2.85. The first-order chi connectivity index (χ1) is 9.56. The molecule has 0 amide bonds. The smallest absolute Gasteiger partial charge is 0.343 e. The Morgan fingerprint density at radius 2 is 1.85 bits per heavy atom. The van der Waals surface area contributed by atoms with Gasteiger partial charge in [-0.25, -0.2) is 9.48 Å². The number of benzene rings is 1. The fourth-order valence-electron chi connectivity index (χ4n) is 1.77. The summed E-state index contributed by atoms with van der Waals surface area (Å²) in [6.45, 7) is 0. The maximum absolute atomic E-state index is 11.8. The fourth-order valence-corrected chi connectivity index (χ4v) is 1.77. The summed E-state index contributed by atoms with van der Waals surface area (Å²) in [7, 11) is 4.30. The van der Waals surface area contributed by atoms with Gasteiger partial charge in [0.05, 0.1) is 19.9 Å². The summed E-state index contributed by atoms with van der Waals surface area (Å²) >= 11 is 0. The summed E-state index contributed by atoms with van der Waals surface area (Å²) in [6, 6.07) is 8.58. The predicted molar refractivity (Wildman–Crippen MR) is 72.8 cm³/mol. The number of carbonyl (C=O) groups is 1. The van der Waals surface area contributed by atoms with Crippen LogP contribution in [0.1, 0.15) is 10.4 Å². The molecule has 0 aliphatic heterocycles. The van der Waals surface area contributed by atoms with Gasteiger partial charge in [0, 0.05) is 12.6 Å². The van der Waals surface area contributed by atoms with E-state index >= 15 is 0 Å². The van der Waals surface area contributed by atoms with Crippen LogP contribution in [0.25, 0.3) is 11.3 Å². The minimum absolute atomic E-state index is 0.0455. The number of aryl methyl sites for hydroxylation is 1. The van der Waals surface area contributed by atoms with Crippen molar-refractivity contribution in [2.75, 3.05) is 14.2 Å². The molecule has 20 heavy (non-hydrogen) atoms. The second-order valence-corrected chi connectivity index (χ2v) is 4.09. The highest BCUT2D eigenvalue weighted by molar-refractivity contribution is 5.90. The Hall–Kier alpha value is -2.63. The molecule has 0 unspecified atom stereocenters. The van der Waals surface area contributed by atoms with Crippen LogP contribution in [0.2, 0.25) is 0 Å². The molecule has 6 heteroatoms. The lowest BCUT2D eigenvalue weighted by atomic mass is 10.1. The largest absolute Gasteiger partial charge is 0.497 e. The zero-order valence-electron chi connectivity index (χ0n) is 11.4. The van der Waals surface area contributed by atoms with E-state index in [1.165, 1.54) is 20.2 Å². The van der Waals surface area contributed by atoms with E-state index in [1.54, 1.807) is 31.4 Å². The average molecular weight is 274 g/mol. The molecule has 2 aromatic rings. The van der Waals surface area contributed by atoms with Crippen molar-refractivity contribution in [2.24, 2.45) is 7.05 Å². The Kier molecular flexibility index (Phi) is 3.84. The zero-order chi connectivity index (χ0) is 14.7. The van der Waals surface area contributed by atoms with Crippen molar-refractivity contribution in [3.05, 3.63) is 46.2 Å². The van der Waals surface area contributed by atoms with Crippen LogP contribution >= 0.6 is 0 Å². The Balaban J connectivity index is 2.54. The summed E-state index contributed by atoms with van der Waals surface area (Å²) in [5, 5.41) is 4.13. The number of esters is 1. The summed E-state index contributed by atoms with van der Waals surface area (Å²) in [5.41, 5.74) is 0.742. The predicted octanol–water partition coefficient (Wildman–Crippen LogP) is 1.24. The number of aromatic nitrogens is 2. The number of rotatable bonds is 3. The molecule has 1 heterocycles. The van der Waals surface area contributed by atoms with Crippen molar-refractivity contribution in [3.8, 4) is 17.0 Å². The van der Waals surface area contributed by atoms with Crippen molar-refractivity contribution in [1.82, 2.24) is 9.78 Å². The van der Waals surface area contributed by atoms with E-state index in [2.05, 4.69) is 9.84 Å². The van der Waals surface area contributed by atoms with Gasteiger partial charge in [0.15, 0.2) is 0 Å². The molecule has 0 bridgehead atoms. The molecule has 0 atom stereocenters. The topological polar surface area (TPSA) is 70.4 Å². The highest BCUT2D eigenvalue weighted by Crippen LogP contribution is 2.20. The van der Waals surface area contributed by atoms with Gasteiger partial charge in [0.1, 0.15) is 11.3 Å². The summed E-state index contributed by atoms with van der Waals surface area (Å²) in [4.78, 5) is 23.4. The SMILES string of the molecule is COC(=O)c1cc(-c2ccc(OC)cc2)nn(C)c1=O. The van der Waals surface area contributed by atoms with E-state index in [0.29, 0.717) is 11.4 Å². The molecular formula is C14H14N2O4. The number of nitrogens with zero attached hydrogens (tertiary/aromatic N) is 2. The van der Waals surface area contributed by atoms with Gasteiger partial charge in [0.25, 0.3) is 5.56 Å². The summed E-state index contributed by atoms with van der Waals surface area (Å²) < 4.78 is 10.8. The molecule has 104 valence electrons. The Morgan fingerprint density at radius 1 is 1.20 bits per heavy atom. The first kappa shape index (κ1) is 13.8. The molecule has 0 saturated carbocycles. The van der Waals surface area contributed by atoms with E-state index in [1.807, 2.05) is 0 Å². The molecule has 0 spiro atoms. The molecule has 0 fully saturated rings. The van der Waals surface area contributed by atoms with Crippen LogP contribution in [0, 0.1) is 0 Å². The van der Waals surface area contributed by atoms with Crippen molar-refractivity contribution in [3.63, 3.8) is 0 Å². The average Bonchev–Trinajstić information content (AvgIpc) is 2.49. The van der Waals surface area contributed by atoms with Gasteiger partial charge in [-0.15, -0.1) is 0 Å². The summed E-state index contributed by atoms with van der Waals surface area (Å²) in [5.74, 6) is 0.0366. The number of hydrogen-bond donors (Lipinski definition) is 0. The highest BCUT2D eigenvalue weighted by atomic mass is 16.5. The van der Waals surface area contributed by atoms with E-state index in [0.717, 1.165) is 10.2 Å². The zero-order valence-corrected chi connectivity index (χ0v) is 11.4. The van der Waals surface area contributed by atoms with Crippen LogP contribution in [0.15, 0.2) is 35.1 Å². The van der Waals surface area contributed by atoms with Gasteiger partial charge in [-0.3, -0.25) is 4.79 Å². The molecule has 2 rings (SSSR count). The third-order valence-corrected chi connectivity index (χ3v) is 2.85. The van der Waals surface area contributed by atoms with E-state index in [-0.39, 0.29) is 5.56 Å². The maximum Gasteiger partial charge on any atom is 0.343 e. The molecule has 0 aliphatic carbocycles. The number of methoxy groups -OCH3 is 2. The van der Waals surface area contributed by atoms with Crippen LogP contribution < -0.4 is 10.3 Å². The Morgan fingerprint density at radius 3 is 2.40 bits per heavy atom. The lowest BCUT2D eigenvalue weighted by Crippen LogP contribution is -2.27. The monoisotopic (exact) mass is 274 g/mol. The molecule has 6 nitrogen and oxygen atoms in total. The fraction of sp³-hybridized carbons (Fsp3) is 0.214. The molecule has 0 aliphatic rings. The van der Waals surface area contributed by atoms with Crippen molar-refractivity contribution in [1.29, 1.82) is 0 Å². The Bertz CT molecular complexity index is 689. The van der Waals surface area contributed by atoms with Gasteiger partial charge in [-0.05, 0) is 30.3 Å². The Labute approximate surface area is 115 Å². The number of hydrogen-bond acceptors (Lipinski definition) is 5. The van der Waals surface area contributed by atoms with E-state index < -0.39 is 11.5 Å². The van der Waals surface area contributed by atoms with Crippen LogP contribution in [-0.4, -0.2) is 30.0 Å². The second-order valence-electron chi connectivity index (χ2n) is 4.09. The van der Waals surface area contributed by atoms with Crippen molar-refractivity contribution < 1.29 is 14.3 Å². The van der Waals surface area contributed by atoms with E-state index in [9.17, 15) is 9.59 Å². The van der Waals surface area contributed by atoms with Crippen LogP contribution in [0.4, 0.5) is 0 Å². The molecule has 0 N–H and O–H groups in total. The molecular weight excluding hydrogens is 260 g/mol. The van der Waals surface area contributed by atoms with Crippen LogP contribution in [-0.2, 0) is 11.8 Å². The second kappa shape index (κ2) is 5.56. The van der Waals surface area contributed by atoms with E-state index in [4.69, 9.17) is 4.74 Å². The molecule has 0 saturated heterocycles. The first-order valence-electron chi connectivity index (χ1n) is 5.88. The standard InChI is InChI=1S/C14H14N2O4/c1-16-13(17)11(14(18)20-3)8-12(15-16)9-4-6-10(19-2)7-5-9/h4-8H,1-3H3. The van der Waals surface area contributed by atoms with Gasteiger partial charge < -0.3 is 9.47 Å². The van der Waals surface area contributed by atoms with Crippen LogP contribution in [0.5, 0.6) is 5.75 Å². The van der Waals surface area contributed by atoms with Gasteiger partial charge in [-0.1, -0.05) is 0 Å². The first-order valence-corrected chi connectivity index (χ1v) is 5.88. The van der Waals surface area contributed by atoms with Crippen molar-refractivity contribution in [2.45, 2.75) is 0 Å². The number of carbonyl (C=O) groups excluding carboxylic acids is 1. The maximum atomic E-state index is 11.8. The van der Waals surface area contributed by atoms with Gasteiger partial charge in [0.2, 0.25) is 0 Å². The van der Waals surface area contributed by atoms with Crippen molar-refractivity contribution >= 4 is 5.97 Å². The highest BCUT2D eigenvalue weighted by Gasteiger charge is 2.15. The minimum atomic E-state index is -0.678. The lowest BCUT2D eigenvalue weighted by Gasteiger charge is -2.07. The molecule has 1 aromatic heterocycles. The third kappa shape index (κ3) is 2.54. The lowest BCUT2D eigenvalue weighted by molar-refractivity contribution is 0.0597. The van der Waals surface area contributed by atoms with Gasteiger partial charge in [-0.2, -0.15) is 5.10 Å². The van der Waals surface area contributed by atoms with Gasteiger partial charge >= 0.3 is 5.97 Å². The molecule has 1 aromatic carbocycles. The minimum Gasteiger partial charge on any atom is -0.497 e. The summed E-state index contributed by atoms with van der Waals surface area (Å²) in [6.07, 6.45) is 0. The normalized spacial score (nSPS) is 10.2. The number of ether oxygens (including phenoxy) is 2.